The molecule has 1 aliphatic heterocycles. The van der Waals surface area contributed by atoms with Crippen molar-refractivity contribution >= 4 is 28.3 Å². The molecule has 31 heavy (non-hydrogen) atoms. The average molecular weight is 429 g/mol. The molecule has 8 heteroatoms. The maximum Gasteiger partial charge on any atom is 0.341 e. The van der Waals surface area contributed by atoms with Crippen molar-refractivity contribution in [1.82, 2.24) is 9.47 Å². The summed E-state index contributed by atoms with van der Waals surface area (Å²) in [5, 5.41) is 9.47. The highest BCUT2D eigenvalue weighted by Gasteiger charge is 2.29. The van der Waals surface area contributed by atoms with Gasteiger partial charge in [-0.3, -0.25) is 14.5 Å². The summed E-state index contributed by atoms with van der Waals surface area (Å²) >= 11 is 0. The van der Waals surface area contributed by atoms with Crippen molar-refractivity contribution in [3.63, 3.8) is 0 Å². The molecule has 0 amide bonds. The zero-order valence-corrected chi connectivity index (χ0v) is 18.2. The van der Waals surface area contributed by atoms with Gasteiger partial charge < -0.3 is 14.6 Å². The van der Waals surface area contributed by atoms with Crippen LogP contribution in [0.2, 0.25) is 0 Å². The number of carboxylic acids is 1. The van der Waals surface area contributed by atoms with Crippen LogP contribution in [0.15, 0.2) is 23.1 Å². The van der Waals surface area contributed by atoms with Crippen molar-refractivity contribution in [2.75, 3.05) is 37.6 Å². The molecule has 1 aliphatic carbocycles. The Morgan fingerprint density at radius 1 is 1.13 bits per heavy atom. The summed E-state index contributed by atoms with van der Waals surface area (Å²) in [6, 6.07) is 2.99. The molecule has 0 bridgehead atoms. The van der Waals surface area contributed by atoms with E-state index in [1.165, 1.54) is 12.3 Å². The van der Waals surface area contributed by atoms with Gasteiger partial charge in [0.15, 0.2) is 5.78 Å². The predicted molar refractivity (Wildman–Crippen MR) is 117 cm³/mol. The van der Waals surface area contributed by atoms with Crippen LogP contribution in [0.3, 0.4) is 0 Å². The van der Waals surface area contributed by atoms with Crippen LogP contribution >= 0.6 is 0 Å². The largest absolute Gasteiger partial charge is 0.477 e. The second-order valence-electron chi connectivity index (χ2n) is 9.57. The van der Waals surface area contributed by atoms with Crippen LogP contribution in [0.25, 0.3) is 10.9 Å². The lowest BCUT2D eigenvalue weighted by Gasteiger charge is -2.37. The number of carbonyl (C=O) groups is 2. The van der Waals surface area contributed by atoms with Crippen molar-refractivity contribution in [2.45, 2.75) is 39.7 Å². The molecule has 1 saturated carbocycles. The number of hydrogen-bond acceptors (Lipinski definition) is 5. The minimum atomic E-state index is -1.30. The van der Waals surface area contributed by atoms with E-state index in [9.17, 15) is 19.5 Å². The number of piperazine rings is 1. The Bertz CT molecular complexity index is 1110. The average Bonchev–Trinajstić information content (AvgIpc) is 3.53. The molecule has 0 spiro atoms. The summed E-state index contributed by atoms with van der Waals surface area (Å²) in [7, 11) is 0. The third-order valence-corrected chi connectivity index (χ3v) is 6.19. The van der Waals surface area contributed by atoms with Gasteiger partial charge >= 0.3 is 5.97 Å². The number of ketones is 1. The second kappa shape index (κ2) is 7.75. The summed E-state index contributed by atoms with van der Waals surface area (Å²) in [5.74, 6) is -1.65. The topological polar surface area (TPSA) is 82.8 Å². The Morgan fingerprint density at radius 3 is 2.32 bits per heavy atom. The molecule has 1 N–H and O–H groups in total. The molecule has 1 aromatic carbocycles. The number of carboxylic acid groups (broad SMARTS) is 1. The van der Waals surface area contributed by atoms with Gasteiger partial charge in [-0.25, -0.2) is 9.18 Å². The number of carbonyl (C=O) groups excluding carboxylic acids is 1. The van der Waals surface area contributed by atoms with Gasteiger partial charge in [-0.15, -0.1) is 0 Å². The van der Waals surface area contributed by atoms with Crippen LogP contribution < -0.4 is 10.3 Å². The van der Waals surface area contributed by atoms with Crippen LogP contribution in [0.1, 0.15) is 50.0 Å². The van der Waals surface area contributed by atoms with Crippen molar-refractivity contribution in [1.29, 1.82) is 0 Å². The molecule has 2 aromatic rings. The number of rotatable bonds is 5. The lowest BCUT2D eigenvalue weighted by Crippen LogP contribution is -2.49. The van der Waals surface area contributed by atoms with Gasteiger partial charge in [0, 0.05) is 49.2 Å². The summed E-state index contributed by atoms with van der Waals surface area (Å²) < 4.78 is 16.8. The van der Waals surface area contributed by atoms with Gasteiger partial charge in [-0.1, -0.05) is 20.8 Å². The van der Waals surface area contributed by atoms with E-state index in [4.69, 9.17) is 0 Å². The Hall–Kier alpha value is -2.74. The molecule has 4 rings (SSSR count). The van der Waals surface area contributed by atoms with Crippen LogP contribution in [-0.2, 0) is 4.79 Å². The lowest BCUT2D eigenvalue weighted by molar-refractivity contribution is -0.127. The molecular weight excluding hydrogens is 401 g/mol. The summed E-state index contributed by atoms with van der Waals surface area (Å²) in [6.45, 7) is 8.54. The van der Waals surface area contributed by atoms with E-state index in [-0.39, 0.29) is 28.2 Å². The number of aromatic carboxylic acids is 1. The van der Waals surface area contributed by atoms with Gasteiger partial charge in [0.1, 0.15) is 11.4 Å². The highest BCUT2D eigenvalue weighted by atomic mass is 19.1. The van der Waals surface area contributed by atoms with E-state index in [1.807, 2.05) is 25.7 Å². The molecule has 0 atom stereocenters. The minimum absolute atomic E-state index is 0.0995. The number of Topliss-reactive ketones (excluding diaryl/α,β-unsaturated/α-hetero) is 1. The van der Waals surface area contributed by atoms with Crippen molar-refractivity contribution in [3.05, 3.63) is 39.9 Å². The lowest BCUT2D eigenvalue weighted by atomic mass is 9.90. The fourth-order valence-corrected chi connectivity index (χ4v) is 4.00. The van der Waals surface area contributed by atoms with E-state index >= 15 is 4.39 Å². The number of fused-ring (bicyclic) bond motifs is 1. The van der Waals surface area contributed by atoms with E-state index in [0.29, 0.717) is 43.9 Å². The first-order chi connectivity index (χ1) is 14.6. The van der Waals surface area contributed by atoms with Crippen molar-refractivity contribution < 1.29 is 19.1 Å². The first-order valence-electron chi connectivity index (χ1n) is 10.7. The zero-order chi connectivity index (χ0) is 22.5. The minimum Gasteiger partial charge on any atom is -0.477 e. The number of halogens is 1. The van der Waals surface area contributed by atoms with Crippen LogP contribution in [0.4, 0.5) is 10.1 Å². The Kier molecular flexibility index (Phi) is 5.37. The fraction of sp³-hybridized carbons (Fsp3) is 0.522. The third-order valence-electron chi connectivity index (χ3n) is 6.19. The quantitative estimate of drug-likeness (QED) is 0.787. The number of nitrogens with zero attached hydrogens (tertiary/aromatic N) is 3. The molecule has 2 heterocycles. The maximum absolute atomic E-state index is 15.0. The van der Waals surface area contributed by atoms with E-state index in [1.54, 1.807) is 10.6 Å². The Labute approximate surface area is 180 Å². The van der Waals surface area contributed by atoms with Gasteiger partial charge in [0.2, 0.25) is 5.43 Å². The molecule has 0 radical (unpaired) electrons. The molecule has 0 unspecified atom stereocenters. The second-order valence-corrected chi connectivity index (χ2v) is 9.57. The zero-order valence-electron chi connectivity index (χ0n) is 18.2. The molecule has 1 aromatic heterocycles. The Morgan fingerprint density at radius 2 is 1.77 bits per heavy atom. The van der Waals surface area contributed by atoms with Crippen LogP contribution in [0.5, 0.6) is 0 Å². The molecule has 7 nitrogen and oxygen atoms in total. The van der Waals surface area contributed by atoms with Crippen molar-refractivity contribution in [3.8, 4) is 0 Å². The monoisotopic (exact) mass is 429 g/mol. The van der Waals surface area contributed by atoms with Crippen LogP contribution in [0, 0.1) is 11.2 Å². The van der Waals surface area contributed by atoms with Gasteiger partial charge in [0.25, 0.3) is 0 Å². The van der Waals surface area contributed by atoms with Gasteiger partial charge in [-0.2, -0.15) is 0 Å². The first-order valence-corrected chi connectivity index (χ1v) is 10.7. The van der Waals surface area contributed by atoms with Crippen molar-refractivity contribution in [2.24, 2.45) is 5.41 Å². The van der Waals surface area contributed by atoms with Gasteiger partial charge in [0.05, 0.1) is 17.7 Å². The smallest absolute Gasteiger partial charge is 0.341 e. The number of pyridine rings is 1. The highest BCUT2D eigenvalue weighted by molar-refractivity contribution is 5.93. The predicted octanol–water partition coefficient (Wildman–Crippen LogP) is 2.91. The molecule has 2 fully saturated rings. The number of anilines is 1. The van der Waals surface area contributed by atoms with Crippen LogP contribution in [-0.4, -0.2) is 59.0 Å². The third kappa shape index (κ3) is 4.21. The fourth-order valence-electron chi connectivity index (χ4n) is 4.00. The normalized spacial score (nSPS) is 17.9. The number of aromatic nitrogens is 1. The number of hydrogen-bond donors (Lipinski definition) is 1. The standard InChI is InChI=1S/C23H28FN3O4/c1-23(2,3)20(28)13-25-6-8-26(9-7-25)19-11-18-15(10-17(19)24)21(29)16(22(30)31)12-27(18)14-4-5-14/h10-12,14H,4-9,13H2,1-3H3,(H,30,31). The highest BCUT2D eigenvalue weighted by Crippen LogP contribution is 2.38. The summed E-state index contributed by atoms with van der Waals surface area (Å²) in [6.07, 6.45) is 3.21. The molecule has 166 valence electrons. The molecule has 2 aliphatic rings. The number of benzene rings is 1. The molecular formula is C23H28FN3O4. The summed E-state index contributed by atoms with van der Waals surface area (Å²) in [4.78, 5) is 40.4. The van der Waals surface area contributed by atoms with E-state index < -0.39 is 17.2 Å². The first kappa shape index (κ1) is 21.5. The van der Waals surface area contributed by atoms with Gasteiger partial charge in [-0.05, 0) is 25.0 Å². The maximum atomic E-state index is 15.0. The Balaban J connectivity index is 1.62. The van der Waals surface area contributed by atoms with E-state index in [0.717, 1.165) is 12.8 Å². The molecule has 1 saturated heterocycles. The van der Waals surface area contributed by atoms with E-state index in [2.05, 4.69) is 4.90 Å². The SMILES string of the molecule is CC(C)(C)C(=O)CN1CCN(c2cc3c(cc2F)c(=O)c(C(=O)O)cn3C2CC2)CC1. The summed E-state index contributed by atoms with van der Waals surface area (Å²) in [5.41, 5.74) is -0.396.